The molecule has 90 valence electrons. The first-order valence-electron chi connectivity index (χ1n) is 6.11. The number of nitrogens with two attached hydrogens (primary N) is 1. The Bertz CT molecular complexity index is 301. The maximum atomic E-state index is 10.8. The Morgan fingerprint density at radius 1 is 1.56 bits per heavy atom. The van der Waals surface area contributed by atoms with Gasteiger partial charge in [0.15, 0.2) is 0 Å². The predicted molar refractivity (Wildman–Crippen MR) is 61.4 cm³/mol. The number of hydrogen-bond donors (Lipinski definition) is 3. The van der Waals surface area contributed by atoms with Crippen molar-refractivity contribution >= 4 is 5.91 Å². The fourth-order valence-electron chi connectivity index (χ4n) is 2.69. The van der Waals surface area contributed by atoms with Gasteiger partial charge < -0.3 is 16.2 Å². The third kappa shape index (κ3) is 2.55. The van der Waals surface area contributed by atoms with Crippen molar-refractivity contribution in [1.82, 2.24) is 5.32 Å². The molecule has 2 aliphatic rings. The highest BCUT2D eigenvalue weighted by molar-refractivity contribution is 5.78. The molecular weight excluding hydrogens is 204 g/mol. The molecule has 1 saturated heterocycles. The van der Waals surface area contributed by atoms with Crippen molar-refractivity contribution in [3.8, 4) is 0 Å². The minimum atomic E-state index is -1.02. The van der Waals surface area contributed by atoms with E-state index in [-0.39, 0.29) is 6.04 Å². The molecule has 2 rings (SSSR count). The van der Waals surface area contributed by atoms with E-state index in [1.807, 2.05) is 0 Å². The second-order valence-electron chi connectivity index (χ2n) is 4.86. The molecular formula is C12H20N2O2. The zero-order valence-corrected chi connectivity index (χ0v) is 9.48. The second kappa shape index (κ2) is 4.87. The summed E-state index contributed by atoms with van der Waals surface area (Å²) in [6.07, 6.45) is 7.55. The average Bonchev–Trinajstić information content (AvgIpc) is 2.28. The first-order chi connectivity index (χ1) is 7.66. The lowest BCUT2D eigenvalue weighted by atomic mass is 9.82. The van der Waals surface area contributed by atoms with Crippen molar-refractivity contribution < 1.29 is 9.90 Å². The topological polar surface area (TPSA) is 75.4 Å². The van der Waals surface area contributed by atoms with E-state index in [1.165, 1.54) is 18.5 Å². The molecule has 0 spiro atoms. The third-order valence-corrected chi connectivity index (χ3v) is 3.63. The first-order valence-corrected chi connectivity index (χ1v) is 6.11. The summed E-state index contributed by atoms with van der Waals surface area (Å²) in [6, 6.07) is 0.197. The fraction of sp³-hybridized carbons (Fsp3) is 0.750. The van der Waals surface area contributed by atoms with Gasteiger partial charge in [-0.25, -0.2) is 0 Å². The van der Waals surface area contributed by atoms with Gasteiger partial charge in [0.1, 0.15) is 6.10 Å². The van der Waals surface area contributed by atoms with Crippen LogP contribution in [0, 0.1) is 5.92 Å². The van der Waals surface area contributed by atoms with Crippen molar-refractivity contribution in [2.75, 3.05) is 0 Å². The van der Waals surface area contributed by atoms with Crippen LogP contribution in [-0.4, -0.2) is 23.2 Å². The number of piperidine rings is 1. The molecule has 0 aromatic rings. The van der Waals surface area contributed by atoms with Gasteiger partial charge >= 0.3 is 0 Å². The van der Waals surface area contributed by atoms with Gasteiger partial charge in [0, 0.05) is 18.2 Å². The van der Waals surface area contributed by atoms with E-state index in [2.05, 4.69) is 11.4 Å². The Morgan fingerprint density at radius 3 is 3.12 bits per heavy atom. The molecule has 0 bridgehead atoms. The number of primary amides is 1. The molecule has 4 nitrogen and oxygen atoms in total. The van der Waals surface area contributed by atoms with Gasteiger partial charge in [0.2, 0.25) is 5.91 Å². The molecule has 0 aromatic carbocycles. The van der Waals surface area contributed by atoms with E-state index in [0.29, 0.717) is 12.3 Å². The maximum absolute atomic E-state index is 10.8. The van der Waals surface area contributed by atoms with Crippen LogP contribution >= 0.6 is 0 Å². The van der Waals surface area contributed by atoms with E-state index in [4.69, 9.17) is 5.73 Å². The number of amides is 1. The molecule has 16 heavy (non-hydrogen) atoms. The van der Waals surface area contributed by atoms with E-state index < -0.39 is 12.0 Å². The van der Waals surface area contributed by atoms with Crippen LogP contribution in [0.25, 0.3) is 0 Å². The Hall–Kier alpha value is -1.03. The maximum Gasteiger partial charge on any atom is 0.246 e. The lowest BCUT2D eigenvalue weighted by Crippen LogP contribution is -2.42. The zero-order valence-electron chi connectivity index (χ0n) is 9.48. The van der Waals surface area contributed by atoms with Crippen molar-refractivity contribution in [1.29, 1.82) is 0 Å². The van der Waals surface area contributed by atoms with Gasteiger partial charge in [-0.2, -0.15) is 0 Å². The molecule has 1 aliphatic carbocycles. The Morgan fingerprint density at radius 2 is 2.38 bits per heavy atom. The lowest BCUT2D eigenvalue weighted by molar-refractivity contribution is -0.126. The Kier molecular flexibility index (Phi) is 3.49. The summed E-state index contributed by atoms with van der Waals surface area (Å²) in [7, 11) is 0. The van der Waals surface area contributed by atoms with Crippen molar-refractivity contribution in [2.45, 2.75) is 50.7 Å². The third-order valence-electron chi connectivity index (χ3n) is 3.63. The molecule has 2 unspecified atom stereocenters. The van der Waals surface area contributed by atoms with E-state index in [0.717, 1.165) is 19.3 Å². The highest BCUT2D eigenvalue weighted by atomic mass is 16.3. The number of carbonyl (C=O) groups excluding carboxylic acids is 1. The van der Waals surface area contributed by atoms with Crippen molar-refractivity contribution in [3.05, 3.63) is 11.8 Å². The summed E-state index contributed by atoms with van der Waals surface area (Å²) in [4.78, 5) is 10.8. The van der Waals surface area contributed by atoms with Gasteiger partial charge in [-0.15, -0.1) is 0 Å². The Balaban J connectivity index is 1.90. The predicted octanol–water partition coefficient (Wildman–Crippen LogP) is 0.659. The number of hydrogen-bond acceptors (Lipinski definition) is 3. The number of carbonyl (C=O) groups is 1. The monoisotopic (exact) mass is 224 g/mol. The number of aliphatic hydroxyl groups excluding tert-OH is 1. The summed E-state index contributed by atoms with van der Waals surface area (Å²) in [5.74, 6) is 0.0530. The highest BCUT2D eigenvalue weighted by Crippen LogP contribution is 2.32. The molecule has 3 atom stereocenters. The van der Waals surface area contributed by atoms with Gasteiger partial charge in [0.25, 0.3) is 0 Å². The molecule has 0 radical (unpaired) electrons. The summed E-state index contributed by atoms with van der Waals surface area (Å²) >= 11 is 0. The van der Waals surface area contributed by atoms with Crippen LogP contribution in [-0.2, 0) is 4.79 Å². The number of fused-ring (bicyclic) bond motifs is 1. The minimum Gasteiger partial charge on any atom is -0.386 e. The van der Waals surface area contributed by atoms with Gasteiger partial charge in [-0.1, -0.05) is 6.08 Å². The molecule has 1 amide bonds. The van der Waals surface area contributed by atoms with Crippen LogP contribution in [0.4, 0.5) is 0 Å². The molecule has 0 aromatic heterocycles. The number of aliphatic hydroxyl groups is 1. The Labute approximate surface area is 95.9 Å². The molecule has 4 N–H and O–H groups in total. The molecule has 1 fully saturated rings. The normalized spacial score (nSPS) is 30.9. The summed E-state index contributed by atoms with van der Waals surface area (Å²) < 4.78 is 0. The van der Waals surface area contributed by atoms with Crippen LogP contribution in [0.3, 0.4) is 0 Å². The van der Waals surface area contributed by atoms with Crippen LogP contribution < -0.4 is 11.1 Å². The van der Waals surface area contributed by atoms with E-state index >= 15 is 0 Å². The van der Waals surface area contributed by atoms with Crippen LogP contribution in [0.1, 0.15) is 38.5 Å². The zero-order chi connectivity index (χ0) is 11.5. The van der Waals surface area contributed by atoms with E-state index in [9.17, 15) is 9.90 Å². The fourth-order valence-corrected chi connectivity index (χ4v) is 2.69. The minimum absolute atomic E-state index is 0.197. The second-order valence-corrected chi connectivity index (χ2v) is 4.86. The van der Waals surface area contributed by atoms with Crippen LogP contribution in [0.5, 0.6) is 0 Å². The molecule has 4 heteroatoms. The lowest BCUT2D eigenvalue weighted by Gasteiger charge is -2.36. The molecule has 0 saturated carbocycles. The largest absolute Gasteiger partial charge is 0.386 e. The first kappa shape index (κ1) is 11.5. The number of rotatable bonds is 3. The van der Waals surface area contributed by atoms with Crippen LogP contribution in [0.15, 0.2) is 11.8 Å². The smallest absolute Gasteiger partial charge is 0.246 e. The summed E-state index contributed by atoms with van der Waals surface area (Å²) in [5.41, 5.74) is 6.37. The van der Waals surface area contributed by atoms with Crippen molar-refractivity contribution in [2.24, 2.45) is 11.7 Å². The summed E-state index contributed by atoms with van der Waals surface area (Å²) in [6.45, 7) is 0. The van der Waals surface area contributed by atoms with Gasteiger partial charge in [-0.3, -0.25) is 4.79 Å². The SMILES string of the molecule is NC(=O)[C@H](O)CC1CCC2CCCC=C2N1. The molecule has 1 aliphatic heterocycles. The average molecular weight is 224 g/mol. The number of nitrogens with one attached hydrogen (secondary N) is 1. The van der Waals surface area contributed by atoms with Gasteiger partial charge in [0.05, 0.1) is 0 Å². The number of allylic oxidation sites excluding steroid dienone is 2. The summed E-state index contributed by atoms with van der Waals surface area (Å²) in [5, 5.41) is 12.9. The molecule has 1 heterocycles. The van der Waals surface area contributed by atoms with Crippen LogP contribution in [0.2, 0.25) is 0 Å². The quantitative estimate of drug-likeness (QED) is 0.659. The van der Waals surface area contributed by atoms with Gasteiger partial charge in [-0.05, 0) is 38.0 Å². The highest BCUT2D eigenvalue weighted by Gasteiger charge is 2.28. The van der Waals surface area contributed by atoms with Crippen molar-refractivity contribution in [3.63, 3.8) is 0 Å². The standard InChI is InChI=1S/C12H20N2O2/c13-12(16)11(15)7-9-6-5-8-3-1-2-4-10(8)14-9/h4,8-9,11,14-15H,1-3,5-7H2,(H2,13,16)/t8?,9?,11-/m1/s1. The van der Waals surface area contributed by atoms with E-state index in [1.54, 1.807) is 0 Å².